The molecule has 0 aromatic heterocycles. The minimum absolute atomic E-state index is 0.0498. The summed E-state index contributed by atoms with van der Waals surface area (Å²) >= 11 is 0. The molecule has 4 aliphatic carbocycles. The zero-order valence-corrected chi connectivity index (χ0v) is 88.2. The lowest BCUT2D eigenvalue weighted by Crippen LogP contribution is -2.40. The molecule has 0 unspecified atom stereocenters. The van der Waals surface area contributed by atoms with Crippen molar-refractivity contribution >= 4 is 46.9 Å². The van der Waals surface area contributed by atoms with Crippen LogP contribution < -0.4 is 26.6 Å². The van der Waals surface area contributed by atoms with Gasteiger partial charge in [0.25, 0.3) is 0 Å². The summed E-state index contributed by atoms with van der Waals surface area (Å²) in [6.45, 7) is 47.7. The lowest BCUT2D eigenvalue weighted by Gasteiger charge is -2.33. The molecule has 21 heteroatoms. The van der Waals surface area contributed by atoms with Gasteiger partial charge in [0.15, 0.2) is 11.6 Å². The first-order chi connectivity index (χ1) is 65.9. The van der Waals surface area contributed by atoms with E-state index in [9.17, 15) is 38.4 Å². The third-order valence-corrected chi connectivity index (χ3v) is 25.5. The van der Waals surface area contributed by atoms with Gasteiger partial charge in [-0.25, -0.2) is 0 Å². The Balaban J connectivity index is 1.02. The molecule has 5 amide bonds. The number of rotatable bonds is 69. The Labute approximate surface area is 831 Å². The number of amides is 5. The van der Waals surface area contributed by atoms with E-state index in [-0.39, 0.29) is 108 Å². The van der Waals surface area contributed by atoms with Crippen molar-refractivity contribution in [3.8, 4) is 0 Å². The van der Waals surface area contributed by atoms with Gasteiger partial charge < -0.3 is 64.5 Å². The molecule has 0 aromatic rings. The molecule has 5 N–H and O–H groups in total. The Morgan fingerprint density at radius 1 is 0.362 bits per heavy atom. The Morgan fingerprint density at radius 2 is 0.761 bits per heavy atom. The van der Waals surface area contributed by atoms with Crippen LogP contribution in [-0.4, -0.2) is 185 Å². The van der Waals surface area contributed by atoms with E-state index in [0.717, 1.165) is 71.1 Å². The summed E-state index contributed by atoms with van der Waals surface area (Å²) in [6.07, 6.45) is 68.0. The van der Waals surface area contributed by atoms with Gasteiger partial charge in [-0.05, 0) is 264 Å². The highest BCUT2D eigenvalue weighted by molar-refractivity contribution is 5.95. The number of carbonyl (C=O) groups excluding carboxylic acids is 8. The predicted octanol–water partition coefficient (Wildman–Crippen LogP) is 22.8. The van der Waals surface area contributed by atoms with Gasteiger partial charge in [-0.15, -0.1) is 0 Å². The van der Waals surface area contributed by atoms with Crippen LogP contribution in [0.15, 0.2) is 235 Å². The van der Waals surface area contributed by atoms with Crippen molar-refractivity contribution in [3.05, 3.63) is 235 Å². The summed E-state index contributed by atoms with van der Waals surface area (Å²) in [6, 6.07) is -0.711. The van der Waals surface area contributed by atoms with E-state index in [2.05, 4.69) is 185 Å². The number of ketones is 3. The van der Waals surface area contributed by atoms with Crippen LogP contribution in [0.1, 0.15) is 286 Å². The Morgan fingerprint density at radius 3 is 1.22 bits per heavy atom. The number of hydrogen-bond acceptors (Lipinski definition) is 16. The fourth-order valence-electron chi connectivity index (χ4n) is 17.4. The van der Waals surface area contributed by atoms with Gasteiger partial charge in [0.05, 0.1) is 98.5 Å². The monoisotopic (exact) mass is 1910 g/mol. The van der Waals surface area contributed by atoms with Crippen molar-refractivity contribution in [2.24, 2.45) is 27.6 Å². The molecule has 0 heterocycles. The number of Topliss-reactive ketones (excluding diaryl/α,β-unsaturated/α-hetero) is 2. The quantitative estimate of drug-likeness (QED) is 0.0215. The minimum atomic E-state index is -0.711. The molecular formula is C117H177N5O16. The second-order valence-electron chi connectivity index (χ2n) is 40.0. The van der Waals surface area contributed by atoms with Crippen molar-refractivity contribution in [1.29, 1.82) is 0 Å². The summed E-state index contributed by atoms with van der Waals surface area (Å²) < 4.78 is 45.3. The van der Waals surface area contributed by atoms with E-state index in [0.29, 0.717) is 176 Å². The number of carbonyl (C=O) groups is 8. The van der Waals surface area contributed by atoms with Crippen LogP contribution in [0, 0.1) is 27.6 Å². The Hall–Kier alpha value is -9.16. The number of hydrogen-bond donors (Lipinski definition) is 5. The van der Waals surface area contributed by atoms with Gasteiger partial charge in [-0.1, -0.05) is 228 Å². The molecule has 4 aliphatic rings. The van der Waals surface area contributed by atoms with Gasteiger partial charge in [-0.2, -0.15) is 0 Å². The molecule has 0 saturated heterocycles. The number of unbranched alkanes of at least 4 members (excludes halogenated alkanes) is 2. The van der Waals surface area contributed by atoms with Crippen molar-refractivity contribution in [3.63, 3.8) is 0 Å². The zero-order chi connectivity index (χ0) is 101. The highest BCUT2D eigenvalue weighted by Gasteiger charge is 2.31. The molecule has 0 fully saturated rings. The lowest BCUT2D eigenvalue weighted by atomic mass is 9.72. The van der Waals surface area contributed by atoms with Crippen LogP contribution in [0.4, 0.5) is 0 Å². The topological polar surface area (TPSA) is 271 Å². The van der Waals surface area contributed by atoms with Gasteiger partial charge in [0, 0.05) is 95.6 Å². The molecule has 0 bridgehead atoms. The fourth-order valence-corrected chi connectivity index (χ4v) is 17.4. The SMILES string of the molecule is CC1=CCCC(C)(C)\C1=C/C=C/C=C/C(C)=C/C(=O)NCCCC[C@@H](CC(=O)/C=C(C)/C=C/C=C(C)/C=C/C1=C(C)CCCC1(C)C)C(=O)NCCOCCOCCCC(=O)CCOCCOCCOCCOCCC(=O)NCCOCCOCCCC(=O)[C@@H](CCCCNC(=O)/C=C(C)/C=C/C=C(C)/C=C/C1=C(C)CCCC1(C)C)NC(=O)/C=C(C)/C=C/C=C(C)/C=C/C1=C(C)CCCC1(C)C. The number of nitrogens with one attached hydrogen (secondary N) is 5. The fraction of sp³-hybridized carbons (Fsp3) is 0.590. The third-order valence-electron chi connectivity index (χ3n) is 25.5. The van der Waals surface area contributed by atoms with Gasteiger partial charge in [-0.3, -0.25) is 38.4 Å². The molecule has 0 spiro atoms. The summed E-state index contributed by atoms with van der Waals surface area (Å²) in [5.74, 6) is -1.81. The molecule has 0 aromatic carbocycles. The van der Waals surface area contributed by atoms with E-state index in [1.165, 1.54) is 89.2 Å². The molecule has 4 rings (SSSR count). The molecule has 0 saturated carbocycles. The summed E-state index contributed by atoms with van der Waals surface area (Å²) in [7, 11) is 0. The summed E-state index contributed by atoms with van der Waals surface area (Å²) in [5, 5.41) is 14.7. The van der Waals surface area contributed by atoms with Crippen molar-refractivity contribution in [2.75, 3.05) is 132 Å². The van der Waals surface area contributed by atoms with Crippen LogP contribution in [0.2, 0.25) is 0 Å². The maximum Gasteiger partial charge on any atom is 0.244 e. The van der Waals surface area contributed by atoms with Gasteiger partial charge >= 0.3 is 0 Å². The van der Waals surface area contributed by atoms with Gasteiger partial charge in [0.2, 0.25) is 29.5 Å². The van der Waals surface area contributed by atoms with E-state index >= 15 is 0 Å². The minimum Gasteiger partial charge on any atom is -0.379 e. The van der Waals surface area contributed by atoms with Crippen LogP contribution in [-0.2, 0) is 76.3 Å². The largest absolute Gasteiger partial charge is 0.379 e. The normalized spacial score (nSPS) is 18.0. The second-order valence-corrected chi connectivity index (χ2v) is 40.0. The Kier molecular flexibility index (Phi) is 61.1. The van der Waals surface area contributed by atoms with E-state index in [1.54, 1.807) is 18.2 Å². The Bertz CT molecular complexity index is 4490. The number of allylic oxidation sites excluding steroid dienone is 37. The summed E-state index contributed by atoms with van der Waals surface area (Å²) in [5.41, 5.74) is 18.4. The van der Waals surface area contributed by atoms with Crippen LogP contribution in [0.25, 0.3) is 0 Å². The predicted molar refractivity (Wildman–Crippen MR) is 564 cm³/mol. The summed E-state index contributed by atoms with van der Waals surface area (Å²) in [4.78, 5) is 105. The van der Waals surface area contributed by atoms with E-state index < -0.39 is 12.0 Å². The molecule has 2 atom stereocenters. The van der Waals surface area contributed by atoms with E-state index in [1.807, 2.05) is 101 Å². The molecule has 138 heavy (non-hydrogen) atoms. The highest BCUT2D eigenvalue weighted by Crippen LogP contribution is 2.44. The standard InChI is InChI=1S/C117H177N5O16/c1-89(52-55-104-97(9)44-31-61-115(104,14)15)37-27-40-92(4)84-102(124)88-100(47-23-25-64-118-110(127)85-93(5)36-21-20-22-49-103-96(8)43-30-60-114(103,12)13)113(130)121-67-73-136-79-74-131-68-34-48-101(123)58-70-133-76-80-137-82-83-138-81-77-134-71-59-109(126)120-66-72-135-78-75-132-69-35-51-108(125)107(122-112(129)87-95(7)42-29-39-91(3)54-57-106-99(11)46-33-63-117(106,18)19)50-24-26-65-119-111(128)86-94(6)41-28-38-90(2)53-56-105-98(10)45-32-62-116(105,16)17/h20-22,27-29,36-43,49,52-57,84-87,100,107H,23-26,30-35,44-48,50-51,58-83,88H2,1-19H3,(H,118,127)(H,119,128)(H,120,126)(H,121,130)(H,122,129)/b22-20+,36-21+,40-27+,41-28+,42-29+,55-52+,56-53+,57-54+,89-37+,90-38+,91-39+,92-84+,93-85+,94-86+,95-87+,103-49-/t100-,107+/m0/s1. The smallest absolute Gasteiger partial charge is 0.244 e. The maximum atomic E-state index is 13.7. The molecular weight excluding hydrogens is 1730 g/mol. The molecule has 0 radical (unpaired) electrons. The van der Waals surface area contributed by atoms with Crippen molar-refractivity contribution in [1.82, 2.24) is 26.6 Å². The first-order valence-electron chi connectivity index (χ1n) is 51.1. The first-order valence-corrected chi connectivity index (χ1v) is 51.1. The molecule has 21 nitrogen and oxygen atoms in total. The average molecular weight is 1910 g/mol. The van der Waals surface area contributed by atoms with Gasteiger partial charge in [0.1, 0.15) is 5.78 Å². The third kappa shape index (κ3) is 55.2. The van der Waals surface area contributed by atoms with Crippen molar-refractivity contribution in [2.45, 2.75) is 292 Å². The second kappa shape index (κ2) is 69.7. The lowest BCUT2D eigenvalue weighted by molar-refractivity contribution is -0.128. The molecule has 0 aliphatic heterocycles. The first kappa shape index (κ1) is 121. The van der Waals surface area contributed by atoms with Crippen molar-refractivity contribution < 1.29 is 76.3 Å². The van der Waals surface area contributed by atoms with Crippen LogP contribution in [0.5, 0.6) is 0 Å². The number of ether oxygens (including phenoxy) is 8. The van der Waals surface area contributed by atoms with E-state index in [4.69, 9.17) is 37.9 Å². The maximum absolute atomic E-state index is 13.7. The zero-order valence-electron chi connectivity index (χ0n) is 88.2. The van der Waals surface area contributed by atoms with Crippen LogP contribution in [0.3, 0.4) is 0 Å². The molecule has 766 valence electrons. The average Bonchev–Trinajstić information content (AvgIpc) is 0.834. The highest BCUT2D eigenvalue weighted by atomic mass is 16.6. The van der Waals surface area contributed by atoms with Crippen LogP contribution >= 0.6 is 0 Å².